The molecule has 0 fully saturated rings. The maximum Gasteiger partial charge on any atom is 0.243 e. The number of nitrogen functional groups attached to an aromatic ring is 1. The quantitative estimate of drug-likeness (QED) is 0.831. The smallest absolute Gasteiger partial charge is 0.243 e. The van der Waals surface area contributed by atoms with Crippen molar-refractivity contribution >= 4 is 38.9 Å². The number of carbonyl (C=O) groups excluding carboxylic acids is 1. The zero-order valence-electron chi connectivity index (χ0n) is 11.4. The van der Waals surface area contributed by atoms with Gasteiger partial charge in [-0.2, -0.15) is 0 Å². The van der Waals surface area contributed by atoms with Crippen LogP contribution < -0.4 is 16.0 Å². The van der Waals surface area contributed by atoms with E-state index >= 15 is 0 Å². The molecule has 2 aromatic rings. The fourth-order valence-corrected chi connectivity index (χ4v) is 2.29. The van der Waals surface area contributed by atoms with Crippen molar-refractivity contribution in [3.05, 3.63) is 52.8 Å². The van der Waals surface area contributed by atoms with Crippen LogP contribution >= 0.6 is 15.9 Å². The maximum atomic E-state index is 12.8. The summed E-state index contributed by atoms with van der Waals surface area (Å²) in [4.78, 5) is 13.7. The highest BCUT2D eigenvalue weighted by atomic mass is 79.9. The first kappa shape index (κ1) is 15.3. The van der Waals surface area contributed by atoms with Crippen molar-refractivity contribution in [2.45, 2.75) is 0 Å². The van der Waals surface area contributed by atoms with Crippen molar-refractivity contribution < 1.29 is 9.18 Å². The van der Waals surface area contributed by atoms with Crippen molar-refractivity contribution in [1.29, 1.82) is 0 Å². The van der Waals surface area contributed by atoms with Gasteiger partial charge in [0, 0.05) is 17.2 Å². The molecule has 21 heavy (non-hydrogen) atoms. The first-order valence-electron chi connectivity index (χ1n) is 6.27. The molecule has 4 nitrogen and oxygen atoms in total. The Morgan fingerprint density at radius 3 is 2.57 bits per heavy atom. The largest absolute Gasteiger partial charge is 0.397 e. The number of benzene rings is 2. The molecule has 0 bridgehead atoms. The Morgan fingerprint density at radius 2 is 1.95 bits per heavy atom. The molecule has 0 aliphatic rings. The Kier molecular flexibility index (Phi) is 4.80. The third-order valence-corrected chi connectivity index (χ3v) is 3.40. The van der Waals surface area contributed by atoms with Gasteiger partial charge in [-0.1, -0.05) is 15.9 Å². The Morgan fingerprint density at radius 1 is 1.29 bits per heavy atom. The molecule has 0 spiro atoms. The van der Waals surface area contributed by atoms with Crippen molar-refractivity contribution in [3.8, 4) is 0 Å². The molecule has 3 N–H and O–H groups in total. The van der Waals surface area contributed by atoms with E-state index in [1.807, 2.05) is 12.1 Å². The van der Waals surface area contributed by atoms with Crippen LogP contribution in [-0.2, 0) is 4.79 Å². The summed E-state index contributed by atoms with van der Waals surface area (Å²) in [6.45, 7) is 0.142. The second kappa shape index (κ2) is 6.58. The van der Waals surface area contributed by atoms with E-state index in [-0.39, 0.29) is 18.3 Å². The molecule has 0 aliphatic heterocycles. The van der Waals surface area contributed by atoms with Crippen molar-refractivity contribution in [2.24, 2.45) is 0 Å². The maximum absolute atomic E-state index is 12.8. The Labute approximate surface area is 130 Å². The number of rotatable bonds is 4. The molecule has 1 amide bonds. The van der Waals surface area contributed by atoms with Crippen LogP contribution in [0.5, 0.6) is 0 Å². The standard InChI is InChI=1S/C15H15BrFN3O/c1-20(14-7-2-10(16)8-13(14)18)9-15(21)19-12-5-3-11(17)4-6-12/h2-8H,9,18H2,1H3,(H,19,21). The molecular weight excluding hydrogens is 337 g/mol. The summed E-state index contributed by atoms with van der Waals surface area (Å²) in [6, 6.07) is 11.1. The van der Waals surface area contributed by atoms with E-state index in [4.69, 9.17) is 5.73 Å². The zero-order chi connectivity index (χ0) is 15.4. The van der Waals surface area contributed by atoms with E-state index in [2.05, 4.69) is 21.2 Å². The number of hydrogen-bond donors (Lipinski definition) is 2. The molecule has 0 aliphatic carbocycles. The summed E-state index contributed by atoms with van der Waals surface area (Å²) in [7, 11) is 1.78. The first-order chi connectivity index (χ1) is 9.95. The molecule has 6 heteroatoms. The normalized spacial score (nSPS) is 10.2. The van der Waals surface area contributed by atoms with Crippen LogP contribution in [0.4, 0.5) is 21.5 Å². The van der Waals surface area contributed by atoms with Crippen LogP contribution in [0.1, 0.15) is 0 Å². The lowest BCUT2D eigenvalue weighted by molar-refractivity contribution is -0.114. The van der Waals surface area contributed by atoms with Gasteiger partial charge in [-0.25, -0.2) is 4.39 Å². The number of nitrogens with zero attached hydrogens (tertiary/aromatic N) is 1. The minimum absolute atomic E-state index is 0.142. The van der Waals surface area contributed by atoms with Crippen LogP contribution in [0, 0.1) is 5.82 Å². The number of hydrogen-bond acceptors (Lipinski definition) is 3. The van der Waals surface area contributed by atoms with Gasteiger partial charge in [-0.15, -0.1) is 0 Å². The van der Waals surface area contributed by atoms with Crippen LogP contribution in [0.3, 0.4) is 0 Å². The lowest BCUT2D eigenvalue weighted by atomic mass is 10.2. The van der Waals surface area contributed by atoms with Gasteiger partial charge in [-0.3, -0.25) is 4.79 Å². The topological polar surface area (TPSA) is 58.4 Å². The zero-order valence-corrected chi connectivity index (χ0v) is 13.0. The van der Waals surface area contributed by atoms with Crippen molar-refractivity contribution in [3.63, 3.8) is 0 Å². The van der Waals surface area contributed by atoms with Crippen LogP contribution in [0.15, 0.2) is 46.9 Å². The fourth-order valence-electron chi connectivity index (χ4n) is 1.91. The van der Waals surface area contributed by atoms with Gasteiger partial charge >= 0.3 is 0 Å². The van der Waals surface area contributed by atoms with Crippen LogP contribution in [-0.4, -0.2) is 19.5 Å². The summed E-state index contributed by atoms with van der Waals surface area (Å²) >= 11 is 3.34. The molecule has 110 valence electrons. The summed E-state index contributed by atoms with van der Waals surface area (Å²) in [5, 5.41) is 2.70. The highest BCUT2D eigenvalue weighted by Gasteiger charge is 2.10. The van der Waals surface area contributed by atoms with E-state index in [9.17, 15) is 9.18 Å². The van der Waals surface area contributed by atoms with E-state index in [1.54, 1.807) is 18.0 Å². The molecule has 0 saturated carbocycles. The predicted octanol–water partition coefficient (Wildman–Crippen LogP) is 3.25. The summed E-state index contributed by atoms with van der Waals surface area (Å²) in [5.41, 5.74) is 7.83. The molecule has 0 heterocycles. The minimum Gasteiger partial charge on any atom is -0.397 e. The lowest BCUT2D eigenvalue weighted by Gasteiger charge is -2.20. The number of anilines is 3. The highest BCUT2D eigenvalue weighted by molar-refractivity contribution is 9.10. The van der Waals surface area contributed by atoms with Crippen molar-refractivity contribution in [2.75, 3.05) is 29.5 Å². The first-order valence-corrected chi connectivity index (χ1v) is 7.06. The number of likely N-dealkylation sites (N-methyl/N-ethyl adjacent to an activating group) is 1. The Hall–Kier alpha value is -2.08. The van der Waals surface area contributed by atoms with Gasteiger partial charge in [0.15, 0.2) is 0 Å². The Balaban J connectivity index is 2.00. The molecule has 0 saturated heterocycles. The van der Waals surface area contributed by atoms with Crippen LogP contribution in [0.2, 0.25) is 0 Å². The average molecular weight is 352 g/mol. The summed E-state index contributed by atoms with van der Waals surface area (Å²) in [6.07, 6.45) is 0. The number of nitrogens with two attached hydrogens (primary N) is 1. The fraction of sp³-hybridized carbons (Fsp3) is 0.133. The van der Waals surface area contributed by atoms with Gasteiger partial charge < -0.3 is 16.0 Å². The number of halogens is 2. The Bertz CT molecular complexity index is 646. The SMILES string of the molecule is CN(CC(=O)Nc1ccc(F)cc1)c1ccc(Br)cc1N. The van der Waals surface area contributed by atoms with Crippen molar-refractivity contribution in [1.82, 2.24) is 0 Å². The second-order valence-corrected chi connectivity index (χ2v) is 5.53. The number of carbonyl (C=O) groups is 1. The van der Waals surface area contributed by atoms with Gasteiger partial charge in [0.2, 0.25) is 5.91 Å². The third kappa shape index (κ3) is 4.19. The molecule has 0 atom stereocenters. The van der Waals surface area contributed by atoms with E-state index in [1.165, 1.54) is 24.3 Å². The highest BCUT2D eigenvalue weighted by Crippen LogP contribution is 2.25. The van der Waals surface area contributed by atoms with Gasteiger partial charge in [0.05, 0.1) is 17.9 Å². The molecule has 2 rings (SSSR count). The van der Waals surface area contributed by atoms with E-state index in [0.717, 1.165) is 10.2 Å². The lowest BCUT2D eigenvalue weighted by Crippen LogP contribution is -2.30. The molecular formula is C15H15BrFN3O. The monoisotopic (exact) mass is 351 g/mol. The molecule has 0 aromatic heterocycles. The average Bonchev–Trinajstić information content (AvgIpc) is 2.41. The molecule has 0 unspecified atom stereocenters. The second-order valence-electron chi connectivity index (χ2n) is 4.61. The number of nitrogens with one attached hydrogen (secondary N) is 1. The molecule has 0 radical (unpaired) electrons. The summed E-state index contributed by atoms with van der Waals surface area (Å²) < 4.78 is 13.7. The predicted molar refractivity (Wildman–Crippen MR) is 86.9 cm³/mol. The van der Waals surface area contributed by atoms with Crippen LogP contribution in [0.25, 0.3) is 0 Å². The van der Waals surface area contributed by atoms with E-state index < -0.39 is 0 Å². The van der Waals surface area contributed by atoms with Gasteiger partial charge in [0.1, 0.15) is 5.82 Å². The van der Waals surface area contributed by atoms with Gasteiger partial charge in [0.25, 0.3) is 0 Å². The van der Waals surface area contributed by atoms with E-state index in [0.29, 0.717) is 11.4 Å². The van der Waals surface area contributed by atoms with Gasteiger partial charge in [-0.05, 0) is 42.5 Å². The minimum atomic E-state index is -0.340. The third-order valence-electron chi connectivity index (χ3n) is 2.91. The number of amides is 1. The molecule has 2 aromatic carbocycles. The summed E-state index contributed by atoms with van der Waals surface area (Å²) in [5.74, 6) is -0.542.